The molecule has 0 spiro atoms. The Kier molecular flexibility index (Phi) is 5.41. The maximum atomic E-state index is 11.1. The second-order valence-electron chi connectivity index (χ2n) is 2.59. The molecule has 1 unspecified atom stereocenters. The number of nitrogens with zero attached hydrogens (tertiary/aromatic N) is 1. The van der Waals surface area contributed by atoms with Gasteiger partial charge in [0.15, 0.2) is 0 Å². The van der Waals surface area contributed by atoms with Gasteiger partial charge in [-0.2, -0.15) is 0 Å². The maximum Gasteiger partial charge on any atom is 0.329 e. The van der Waals surface area contributed by atoms with Crippen LogP contribution in [0.1, 0.15) is 0 Å². The van der Waals surface area contributed by atoms with E-state index in [0.717, 1.165) is 6.54 Å². The van der Waals surface area contributed by atoms with Crippen molar-refractivity contribution in [1.29, 1.82) is 0 Å². The van der Waals surface area contributed by atoms with E-state index in [1.54, 1.807) is 0 Å². The minimum absolute atomic E-state index is 0. The lowest BCUT2D eigenvalue weighted by molar-refractivity contribution is -0.150. The predicted molar refractivity (Wildman–Crippen MR) is 48.7 cm³/mol. The maximum absolute atomic E-state index is 11.1. The summed E-state index contributed by atoms with van der Waals surface area (Å²) in [6.45, 7) is 1.76. The van der Waals surface area contributed by atoms with Crippen molar-refractivity contribution in [2.24, 2.45) is 0 Å². The third-order valence-corrected chi connectivity index (χ3v) is 1.89. The highest BCUT2D eigenvalue weighted by atomic mass is 35.5. The van der Waals surface area contributed by atoms with Gasteiger partial charge in [-0.3, -0.25) is 4.79 Å². The summed E-state index contributed by atoms with van der Waals surface area (Å²) in [6, 6.07) is -0.457. The fourth-order valence-electron chi connectivity index (χ4n) is 1.20. The number of piperazine rings is 1. The highest BCUT2D eigenvalue weighted by Crippen LogP contribution is 2.01. The van der Waals surface area contributed by atoms with Crippen molar-refractivity contribution in [3.8, 4) is 0 Å². The molecule has 0 aromatic heterocycles. The molecule has 0 aromatic carbocycles. The Hall–Kier alpha value is -0.810. The number of carbonyl (C=O) groups excluding carboxylic acids is 2. The summed E-state index contributed by atoms with van der Waals surface area (Å²) in [4.78, 5) is 23.0. The zero-order valence-corrected chi connectivity index (χ0v) is 8.17. The quantitative estimate of drug-likeness (QED) is 0.468. The first kappa shape index (κ1) is 12.2. The molecule has 0 aromatic rings. The molecular weight excluding hydrogens is 196 g/mol. The van der Waals surface area contributed by atoms with Gasteiger partial charge in [0.25, 0.3) is 0 Å². The molecule has 1 N–H and O–H groups in total. The van der Waals surface area contributed by atoms with Crippen molar-refractivity contribution in [2.45, 2.75) is 6.04 Å². The van der Waals surface area contributed by atoms with E-state index in [0.29, 0.717) is 19.5 Å². The molecule has 76 valence electrons. The van der Waals surface area contributed by atoms with E-state index in [2.05, 4.69) is 10.1 Å². The Labute approximate surface area is 82.8 Å². The van der Waals surface area contributed by atoms with Crippen LogP contribution >= 0.6 is 12.4 Å². The molecule has 1 heterocycles. The van der Waals surface area contributed by atoms with Crippen molar-refractivity contribution in [1.82, 2.24) is 10.2 Å². The molecular formula is C7H13ClN2O3. The van der Waals surface area contributed by atoms with E-state index in [4.69, 9.17) is 0 Å². The number of hydrogen-bond acceptors (Lipinski definition) is 4. The Morgan fingerprint density at radius 2 is 2.38 bits per heavy atom. The number of esters is 1. The zero-order valence-electron chi connectivity index (χ0n) is 7.36. The third-order valence-electron chi connectivity index (χ3n) is 1.89. The Morgan fingerprint density at radius 3 is 2.92 bits per heavy atom. The SMILES string of the molecule is COC(=O)C1CNCCN1C=O.Cl. The number of nitrogens with one attached hydrogen (secondary N) is 1. The number of amides is 1. The second kappa shape index (κ2) is 5.77. The van der Waals surface area contributed by atoms with Gasteiger partial charge in [-0.1, -0.05) is 0 Å². The van der Waals surface area contributed by atoms with Crippen LogP contribution in [0, 0.1) is 0 Å². The third kappa shape index (κ3) is 2.86. The Balaban J connectivity index is 0.00000144. The minimum atomic E-state index is -0.457. The van der Waals surface area contributed by atoms with Crippen LogP contribution in [0.2, 0.25) is 0 Å². The fraction of sp³-hybridized carbons (Fsp3) is 0.714. The van der Waals surface area contributed by atoms with E-state index < -0.39 is 6.04 Å². The van der Waals surface area contributed by atoms with Crippen LogP contribution in [0.4, 0.5) is 0 Å². The van der Waals surface area contributed by atoms with E-state index in [9.17, 15) is 9.59 Å². The van der Waals surface area contributed by atoms with Gasteiger partial charge in [0, 0.05) is 19.6 Å². The number of halogens is 1. The van der Waals surface area contributed by atoms with Gasteiger partial charge in [0.1, 0.15) is 6.04 Å². The van der Waals surface area contributed by atoms with Crippen LogP contribution in [0.3, 0.4) is 0 Å². The molecule has 1 aliphatic heterocycles. The van der Waals surface area contributed by atoms with Gasteiger partial charge >= 0.3 is 5.97 Å². The smallest absolute Gasteiger partial charge is 0.329 e. The molecule has 1 aliphatic rings. The zero-order chi connectivity index (χ0) is 8.97. The first-order valence-electron chi connectivity index (χ1n) is 3.79. The summed E-state index contributed by atoms with van der Waals surface area (Å²) in [6.07, 6.45) is 0.683. The molecule has 0 radical (unpaired) electrons. The van der Waals surface area contributed by atoms with Gasteiger partial charge in [-0.05, 0) is 0 Å². The second-order valence-corrected chi connectivity index (χ2v) is 2.59. The van der Waals surface area contributed by atoms with E-state index in [1.165, 1.54) is 12.0 Å². The van der Waals surface area contributed by atoms with Crippen molar-refractivity contribution >= 4 is 24.8 Å². The number of ether oxygens (including phenoxy) is 1. The molecule has 0 saturated carbocycles. The van der Waals surface area contributed by atoms with Crippen molar-refractivity contribution in [3.05, 3.63) is 0 Å². The lowest BCUT2D eigenvalue weighted by Crippen LogP contribution is -2.54. The highest BCUT2D eigenvalue weighted by molar-refractivity contribution is 5.85. The fourth-order valence-corrected chi connectivity index (χ4v) is 1.20. The Bertz CT molecular complexity index is 189. The standard InChI is InChI=1S/C7H12N2O3.ClH/c1-12-7(11)6-4-8-2-3-9(6)5-10;/h5-6,8H,2-4H2,1H3;1H. The van der Waals surface area contributed by atoms with Gasteiger partial charge in [-0.15, -0.1) is 12.4 Å². The molecule has 0 bridgehead atoms. The average Bonchev–Trinajstić information content (AvgIpc) is 2.16. The summed E-state index contributed by atoms with van der Waals surface area (Å²) >= 11 is 0. The van der Waals surface area contributed by atoms with Gasteiger partial charge in [-0.25, -0.2) is 4.79 Å². The summed E-state index contributed by atoms with van der Waals surface area (Å²) in [5, 5.41) is 3.01. The summed E-state index contributed by atoms with van der Waals surface area (Å²) in [5.74, 6) is -0.366. The normalized spacial score (nSPS) is 21.6. The number of carbonyl (C=O) groups is 2. The minimum Gasteiger partial charge on any atom is -0.467 e. The molecule has 1 atom stereocenters. The van der Waals surface area contributed by atoms with Gasteiger partial charge in [0.2, 0.25) is 6.41 Å². The summed E-state index contributed by atoms with van der Waals surface area (Å²) in [7, 11) is 1.32. The molecule has 1 fully saturated rings. The first-order chi connectivity index (χ1) is 5.79. The van der Waals surface area contributed by atoms with Gasteiger partial charge in [0.05, 0.1) is 7.11 Å². The summed E-state index contributed by atoms with van der Waals surface area (Å²) in [5.41, 5.74) is 0. The molecule has 0 aliphatic carbocycles. The number of hydrogen-bond donors (Lipinski definition) is 1. The predicted octanol–water partition coefficient (Wildman–Crippen LogP) is -0.989. The van der Waals surface area contributed by atoms with Gasteiger partial charge < -0.3 is 15.0 Å². The van der Waals surface area contributed by atoms with Crippen molar-refractivity contribution in [3.63, 3.8) is 0 Å². The first-order valence-corrected chi connectivity index (χ1v) is 3.79. The monoisotopic (exact) mass is 208 g/mol. The van der Waals surface area contributed by atoms with Crippen LogP contribution < -0.4 is 5.32 Å². The Morgan fingerprint density at radius 1 is 1.69 bits per heavy atom. The van der Waals surface area contributed by atoms with E-state index >= 15 is 0 Å². The van der Waals surface area contributed by atoms with Crippen molar-refractivity contribution in [2.75, 3.05) is 26.7 Å². The summed E-state index contributed by atoms with van der Waals surface area (Å²) < 4.78 is 4.54. The van der Waals surface area contributed by atoms with Crippen LogP contribution in [-0.2, 0) is 14.3 Å². The molecule has 1 amide bonds. The van der Waals surface area contributed by atoms with Crippen LogP contribution in [0.25, 0.3) is 0 Å². The van der Waals surface area contributed by atoms with Crippen molar-refractivity contribution < 1.29 is 14.3 Å². The molecule has 5 nitrogen and oxygen atoms in total. The molecule has 1 saturated heterocycles. The molecule has 6 heteroatoms. The van der Waals surface area contributed by atoms with Crippen LogP contribution in [-0.4, -0.2) is 50.1 Å². The lowest BCUT2D eigenvalue weighted by atomic mass is 10.2. The highest BCUT2D eigenvalue weighted by Gasteiger charge is 2.27. The van der Waals surface area contributed by atoms with Crippen LogP contribution in [0.5, 0.6) is 0 Å². The van der Waals surface area contributed by atoms with Crippen LogP contribution in [0.15, 0.2) is 0 Å². The molecule has 1 rings (SSSR count). The number of methoxy groups -OCH3 is 1. The van der Waals surface area contributed by atoms with E-state index in [-0.39, 0.29) is 18.4 Å². The average molecular weight is 209 g/mol. The number of rotatable bonds is 2. The topological polar surface area (TPSA) is 58.6 Å². The van der Waals surface area contributed by atoms with E-state index in [1.807, 2.05) is 0 Å². The lowest BCUT2D eigenvalue weighted by Gasteiger charge is -2.30. The molecule has 13 heavy (non-hydrogen) atoms. The largest absolute Gasteiger partial charge is 0.467 e.